The Morgan fingerprint density at radius 1 is 1.21 bits per heavy atom. The lowest BCUT2D eigenvalue weighted by molar-refractivity contribution is -0.113. The number of fused-ring (bicyclic) bond motifs is 1. The van der Waals surface area contributed by atoms with Crippen LogP contribution in [0.4, 0.5) is 5.69 Å². The van der Waals surface area contributed by atoms with Crippen LogP contribution in [0.25, 0.3) is 6.08 Å². The Morgan fingerprint density at radius 2 is 2.00 bits per heavy atom. The summed E-state index contributed by atoms with van der Waals surface area (Å²) in [5.74, 6) is 0.249. The van der Waals surface area contributed by atoms with Crippen LogP contribution in [-0.4, -0.2) is 10.5 Å². The number of nitrogens with zero attached hydrogens (tertiary/aromatic N) is 2. The van der Waals surface area contributed by atoms with Gasteiger partial charge in [-0.3, -0.25) is 14.2 Å². The van der Waals surface area contributed by atoms with Crippen LogP contribution in [0.5, 0.6) is 0 Å². The molecule has 5 rings (SSSR count). The molecule has 1 amide bonds. The number of halogens is 2. The van der Waals surface area contributed by atoms with Crippen LogP contribution >= 0.6 is 54.5 Å². The molecular weight excluding hydrogens is 590 g/mol. The lowest BCUT2D eigenvalue weighted by Crippen LogP contribution is -2.40. The number of hydrogen-bond donors (Lipinski definition) is 1. The predicted octanol–water partition coefficient (Wildman–Crippen LogP) is 5.05. The van der Waals surface area contributed by atoms with Crippen molar-refractivity contribution < 1.29 is 9.21 Å². The number of hydrogen-bond acceptors (Lipinski definition) is 6. The fourth-order valence-electron chi connectivity index (χ4n) is 3.61. The van der Waals surface area contributed by atoms with E-state index in [4.69, 9.17) is 4.42 Å². The molecule has 0 radical (unpaired) electrons. The molecule has 0 spiro atoms. The van der Waals surface area contributed by atoms with Gasteiger partial charge in [0.2, 0.25) is 0 Å². The smallest absolute Gasteiger partial charge is 0.271 e. The van der Waals surface area contributed by atoms with Crippen LogP contribution in [0.2, 0.25) is 0 Å². The van der Waals surface area contributed by atoms with Gasteiger partial charge in [0, 0.05) is 16.6 Å². The first-order chi connectivity index (χ1) is 15.9. The third kappa shape index (κ3) is 4.23. The molecule has 0 unspecified atom stereocenters. The Labute approximate surface area is 212 Å². The van der Waals surface area contributed by atoms with Crippen molar-refractivity contribution in [3.63, 3.8) is 0 Å². The van der Waals surface area contributed by atoms with Crippen LogP contribution in [0.3, 0.4) is 0 Å². The summed E-state index contributed by atoms with van der Waals surface area (Å²) >= 11 is 9.48. The maximum atomic E-state index is 13.5. The van der Waals surface area contributed by atoms with E-state index >= 15 is 0 Å². The van der Waals surface area contributed by atoms with E-state index in [1.807, 2.05) is 47.8 Å². The largest absolute Gasteiger partial charge is 0.449 e. The van der Waals surface area contributed by atoms with Crippen LogP contribution in [-0.2, 0) is 4.79 Å². The maximum Gasteiger partial charge on any atom is 0.271 e. The van der Waals surface area contributed by atoms with Crippen LogP contribution in [0, 0.1) is 0 Å². The topological polar surface area (TPSA) is 76.6 Å². The predicted molar refractivity (Wildman–Crippen MR) is 137 cm³/mol. The molecule has 4 aromatic rings. The summed E-state index contributed by atoms with van der Waals surface area (Å²) in [7, 11) is 0. The standard InChI is InChI=1S/C23H15Br2N3O3S2/c1-12-18(21(29)27-13-6-3-2-4-7-13)19(16-8-5-9-32-16)28-22(30)17(33-23(28)26-12)11-14-10-15(24)20(25)31-14/h2-11,19H,1H3,(H,27,29)/b17-11+/t19-/m1/s1. The number of thiophene rings is 1. The molecule has 0 fully saturated rings. The van der Waals surface area contributed by atoms with Gasteiger partial charge >= 0.3 is 0 Å². The van der Waals surface area contributed by atoms with Gasteiger partial charge in [-0.2, -0.15) is 0 Å². The van der Waals surface area contributed by atoms with E-state index in [0.717, 1.165) is 9.35 Å². The van der Waals surface area contributed by atoms with E-state index < -0.39 is 6.04 Å². The van der Waals surface area contributed by atoms with Crippen molar-refractivity contribution in [2.24, 2.45) is 4.99 Å². The molecule has 3 aromatic heterocycles. The number of carbonyl (C=O) groups is 1. The fraction of sp³-hybridized carbons (Fsp3) is 0.0870. The molecule has 0 saturated carbocycles. The van der Waals surface area contributed by atoms with Gasteiger partial charge in [0.05, 0.1) is 20.3 Å². The van der Waals surface area contributed by atoms with Gasteiger partial charge in [-0.25, -0.2) is 4.99 Å². The first-order valence-corrected chi connectivity index (χ1v) is 13.1. The van der Waals surface area contributed by atoms with Crippen molar-refractivity contribution in [1.29, 1.82) is 0 Å². The van der Waals surface area contributed by atoms with E-state index in [2.05, 4.69) is 42.2 Å². The number of rotatable bonds is 4. The van der Waals surface area contributed by atoms with E-state index in [1.165, 1.54) is 22.7 Å². The summed E-state index contributed by atoms with van der Waals surface area (Å²) in [5, 5.41) is 4.88. The van der Waals surface area contributed by atoms with Crippen LogP contribution in [0.1, 0.15) is 23.6 Å². The average Bonchev–Trinajstić information content (AvgIpc) is 3.49. The van der Waals surface area contributed by atoms with Crippen LogP contribution in [0.15, 0.2) is 88.5 Å². The molecule has 0 aliphatic carbocycles. The van der Waals surface area contributed by atoms with Crippen molar-refractivity contribution in [2.75, 3.05) is 5.32 Å². The van der Waals surface area contributed by atoms with E-state index in [9.17, 15) is 9.59 Å². The number of benzene rings is 1. The van der Waals surface area contributed by atoms with Crippen molar-refractivity contribution in [1.82, 2.24) is 4.57 Å². The number of aromatic nitrogens is 1. The first kappa shape index (κ1) is 22.3. The SMILES string of the molecule is CC1=C(C(=O)Nc2ccccc2)[C@@H](c2cccs2)n2c(s/c(=C/c3cc(Br)c(Br)o3)c2=O)=N1. The Hall–Kier alpha value is -2.53. The molecule has 1 atom stereocenters. The maximum absolute atomic E-state index is 13.5. The minimum absolute atomic E-state index is 0.224. The van der Waals surface area contributed by atoms with Crippen molar-refractivity contribution in [2.45, 2.75) is 13.0 Å². The van der Waals surface area contributed by atoms with Gasteiger partial charge in [-0.05, 0) is 68.4 Å². The lowest BCUT2D eigenvalue weighted by Gasteiger charge is -2.24. The summed E-state index contributed by atoms with van der Waals surface area (Å²) in [6.07, 6.45) is 1.69. The fourth-order valence-corrected chi connectivity index (χ4v) is 6.07. The number of thiazole rings is 1. The molecule has 6 nitrogen and oxygen atoms in total. The third-order valence-electron chi connectivity index (χ3n) is 5.05. The van der Waals surface area contributed by atoms with E-state index in [0.29, 0.717) is 36.7 Å². The number of furan rings is 1. The third-order valence-corrected chi connectivity index (χ3v) is 8.67. The number of amides is 1. The van der Waals surface area contributed by atoms with Crippen molar-refractivity contribution in [3.05, 3.63) is 105 Å². The first-order valence-electron chi connectivity index (χ1n) is 9.79. The quantitative estimate of drug-likeness (QED) is 0.354. The highest BCUT2D eigenvalue weighted by atomic mass is 79.9. The molecule has 0 bridgehead atoms. The zero-order chi connectivity index (χ0) is 23.1. The molecule has 4 heterocycles. The number of carbonyl (C=O) groups excluding carboxylic acids is 1. The van der Waals surface area contributed by atoms with E-state index in [1.54, 1.807) is 23.6 Å². The highest BCUT2D eigenvalue weighted by Crippen LogP contribution is 2.33. The number of nitrogens with one attached hydrogen (secondary N) is 1. The molecular formula is C23H15Br2N3O3S2. The minimum atomic E-state index is -0.567. The zero-order valence-electron chi connectivity index (χ0n) is 17.0. The second-order valence-corrected chi connectivity index (χ2v) is 10.8. The summed E-state index contributed by atoms with van der Waals surface area (Å²) in [6, 6.07) is 14.3. The second kappa shape index (κ2) is 9.02. The van der Waals surface area contributed by atoms with Gasteiger partial charge in [-0.15, -0.1) is 11.3 Å². The van der Waals surface area contributed by atoms with Gasteiger partial charge in [-0.1, -0.05) is 35.6 Å². The highest BCUT2D eigenvalue weighted by molar-refractivity contribution is 9.13. The molecule has 33 heavy (non-hydrogen) atoms. The molecule has 166 valence electrons. The molecule has 1 aliphatic heterocycles. The summed E-state index contributed by atoms with van der Waals surface area (Å²) in [4.78, 5) is 33.0. The summed E-state index contributed by atoms with van der Waals surface area (Å²) in [6.45, 7) is 1.80. The van der Waals surface area contributed by atoms with Crippen molar-refractivity contribution in [3.8, 4) is 0 Å². The van der Waals surface area contributed by atoms with E-state index in [-0.39, 0.29) is 11.5 Å². The Morgan fingerprint density at radius 3 is 2.67 bits per heavy atom. The Balaban J connectivity index is 1.65. The van der Waals surface area contributed by atoms with Crippen LogP contribution < -0.4 is 20.2 Å². The highest BCUT2D eigenvalue weighted by Gasteiger charge is 2.33. The minimum Gasteiger partial charge on any atom is -0.449 e. The number of allylic oxidation sites excluding steroid dienone is 1. The van der Waals surface area contributed by atoms with Gasteiger partial charge in [0.1, 0.15) is 11.8 Å². The van der Waals surface area contributed by atoms with Gasteiger partial charge in [0.25, 0.3) is 11.5 Å². The Bertz CT molecular complexity index is 1550. The lowest BCUT2D eigenvalue weighted by atomic mass is 10.0. The molecule has 1 N–H and O–H groups in total. The average molecular weight is 605 g/mol. The summed E-state index contributed by atoms with van der Waals surface area (Å²) < 4.78 is 9.00. The zero-order valence-corrected chi connectivity index (χ0v) is 21.8. The van der Waals surface area contributed by atoms with Gasteiger partial charge in [0.15, 0.2) is 9.47 Å². The number of para-hydroxylation sites is 1. The van der Waals surface area contributed by atoms with Crippen molar-refractivity contribution >= 4 is 72.2 Å². The van der Waals surface area contributed by atoms with Gasteiger partial charge < -0.3 is 9.73 Å². The second-order valence-electron chi connectivity index (χ2n) is 7.19. The summed E-state index contributed by atoms with van der Waals surface area (Å²) in [5.41, 5.74) is 1.49. The molecule has 0 saturated heterocycles. The Kier molecular flexibility index (Phi) is 6.09. The molecule has 10 heteroatoms. The monoisotopic (exact) mass is 603 g/mol. The number of anilines is 1. The molecule has 1 aromatic carbocycles. The normalized spacial score (nSPS) is 16.0. The molecule has 1 aliphatic rings.